The Morgan fingerprint density at radius 1 is 1.00 bits per heavy atom. The summed E-state index contributed by atoms with van der Waals surface area (Å²) in [6.07, 6.45) is 0. The summed E-state index contributed by atoms with van der Waals surface area (Å²) in [4.78, 5) is 31.2. The van der Waals surface area contributed by atoms with E-state index in [1.165, 1.54) is 12.1 Å². The van der Waals surface area contributed by atoms with Crippen LogP contribution >= 0.6 is 0 Å². The fourth-order valence-electron chi connectivity index (χ4n) is 3.82. The second-order valence-corrected chi connectivity index (χ2v) is 7.05. The fourth-order valence-corrected chi connectivity index (χ4v) is 3.82. The molecule has 1 fully saturated rings. The Hall–Kier alpha value is -2.89. The Labute approximate surface area is 158 Å². The van der Waals surface area contributed by atoms with Gasteiger partial charge >= 0.3 is 0 Å². The van der Waals surface area contributed by atoms with E-state index in [9.17, 15) is 14.0 Å². The van der Waals surface area contributed by atoms with Gasteiger partial charge in [-0.25, -0.2) is 4.39 Å². The largest absolute Gasteiger partial charge is 0.368 e. The SMILES string of the molecule is C[C@@H](C(=O)N1CCN(c2ccc(F)cc2)CC1)N1Cc2ccccc2C1=O. The van der Waals surface area contributed by atoms with Gasteiger partial charge in [-0.05, 0) is 42.8 Å². The minimum absolute atomic E-state index is 0.0186. The van der Waals surface area contributed by atoms with Crippen molar-refractivity contribution in [1.29, 1.82) is 0 Å². The standard InChI is InChI=1S/C21H22FN3O2/c1-15(25-14-16-4-2-3-5-19(16)21(25)27)20(26)24-12-10-23(11-13-24)18-8-6-17(22)7-9-18/h2-9,15H,10-14H2,1H3/t15-/m0/s1. The first-order valence-corrected chi connectivity index (χ1v) is 9.23. The fraction of sp³-hybridized carbons (Fsp3) is 0.333. The number of hydrogen-bond acceptors (Lipinski definition) is 3. The topological polar surface area (TPSA) is 43.9 Å². The molecule has 0 aromatic heterocycles. The third kappa shape index (κ3) is 3.27. The Bertz CT molecular complexity index is 860. The molecule has 27 heavy (non-hydrogen) atoms. The maximum atomic E-state index is 13.1. The van der Waals surface area contributed by atoms with E-state index in [0.29, 0.717) is 38.3 Å². The van der Waals surface area contributed by atoms with Crippen LogP contribution in [0.25, 0.3) is 0 Å². The summed E-state index contributed by atoms with van der Waals surface area (Å²) in [5, 5.41) is 0. The molecular formula is C21H22FN3O2. The van der Waals surface area contributed by atoms with E-state index in [-0.39, 0.29) is 17.6 Å². The van der Waals surface area contributed by atoms with Gasteiger partial charge in [0.15, 0.2) is 0 Å². The quantitative estimate of drug-likeness (QED) is 0.837. The van der Waals surface area contributed by atoms with E-state index in [1.54, 1.807) is 24.0 Å². The second kappa shape index (κ2) is 7.02. The number of piperazine rings is 1. The van der Waals surface area contributed by atoms with Crippen molar-refractivity contribution in [3.63, 3.8) is 0 Å². The molecule has 6 heteroatoms. The zero-order valence-corrected chi connectivity index (χ0v) is 15.3. The first-order chi connectivity index (χ1) is 13.0. The molecule has 4 rings (SSSR count). The van der Waals surface area contributed by atoms with Gasteiger partial charge in [0.25, 0.3) is 5.91 Å². The molecule has 2 aliphatic heterocycles. The van der Waals surface area contributed by atoms with Gasteiger partial charge in [0.1, 0.15) is 11.9 Å². The van der Waals surface area contributed by atoms with Crippen LogP contribution in [0.2, 0.25) is 0 Å². The summed E-state index contributed by atoms with van der Waals surface area (Å²) in [7, 11) is 0. The number of hydrogen-bond donors (Lipinski definition) is 0. The number of amides is 2. The van der Waals surface area contributed by atoms with Gasteiger partial charge in [-0.15, -0.1) is 0 Å². The van der Waals surface area contributed by atoms with Gasteiger partial charge in [-0.3, -0.25) is 9.59 Å². The molecule has 2 aliphatic rings. The van der Waals surface area contributed by atoms with Crippen molar-refractivity contribution in [3.05, 3.63) is 65.5 Å². The normalized spacial score (nSPS) is 17.9. The van der Waals surface area contributed by atoms with E-state index < -0.39 is 6.04 Å². The third-order valence-electron chi connectivity index (χ3n) is 5.46. The van der Waals surface area contributed by atoms with Crippen LogP contribution in [0.3, 0.4) is 0 Å². The summed E-state index contributed by atoms with van der Waals surface area (Å²) in [6, 6.07) is 13.4. The lowest BCUT2D eigenvalue weighted by molar-refractivity contribution is -0.136. The molecule has 0 aliphatic carbocycles. The molecule has 0 radical (unpaired) electrons. The smallest absolute Gasteiger partial charge is 0.255 e. The summed E-state index contributed by atoms with van der Waals surface area (Å²) >= 11 is 0. The van der Waals surface area contributed by atoms with Crippen molar-refractivity contribution in [3.8, 4) is 0 Å². The average Bonchev–Trinajstić information content (AvgIpc) is 3.04. The average molecular weight is 367 g/mol. The number of anilines is 1. The first kappa shape index (κ1) is 17.5. The Balaban J connectivity index is 1.38. The van der Waals surface area contributed by atoms with E-state index >= 15 is 0 Å². The van der Waals surface area contributed by atoms with Crippen LogP contribution in [0.4, 0.5) is 10.1 Å². The lowest BCUT2D eigenvalue weighted by Crippen LogP contribution is -2.54. The minimum atomic E-state index is -0.484. The van der Waals surface area contributed by atoms with Crippen molar-refractivity contribution >= 4 is 17.5 Å². The molecule has 2 heterocycles. The van der Waals surface area contributed by atoms with E-state index in [1.807, 2.05) is 29.2 Å². The van der Waals surface area contributed by atoms with Crippen molar-refractivity contribution in [2.45, 2.75) is 19.5 Å². The van der Waals surface area contributed by atoms with Crippen molar-refractivity contribution in [1.82, 2.24) is 9.80 Å². The number of fused-ring (bicyclic) bond motifs is 1. The van der Waals surface area contributed by atoms with Gasteiger partial charge in [0, 0.05) is 44.0 Å². The van der Waals surface area contributed by atoms with Crippen LogP contribution in [0.15, 0.2) is 48.5 Å². The third-order valence-corrected chi connectivity index (χ3v) is 5.46. The van der Waals surface area contributed by atoms with Gasteiger partial charge in [0.2, 0.25) is 5.91 Å². The summed E-state index contributed by atoms with van der Waals surface area (Å²) in [6.45, 7) is 4.86. The monoisotopic (exact) mass is 367 g/mol. The van der Waals surface area contributed by atoms with Crippen LogP contribution in [0.1, 0.15) is 22.8 Å². The maximum Gasteiger partial charge on any atom is 0.255 e. The highest BCUT2D eigenvalue weighted by molar-refractivity contribution is 6.01. The van der Waals surface area contributed by atoms with Crippen molar-refractivity contribution in [2.75, 3.05) is 31.1 Å². The Morgan fingerprint density at radius 3 is 2.33 bits per heavy atom. The molecule has 140 valence electrons. The van der Waals surface area contributed by atoms with E-state index in [4.69, 9.17) is 0 Å². The van der Waals surface area contributed by atoms with Gasteiger partial charge < -0.3 is 14.7 Å². The molecule has 2 aromatic carbocycles. The molecule has 0 unspecified atom stereocenters. The van der Waals surface area contributed by atoms with Crippen LogP contribution in [0, 0.1) is 5.82 Å². The molecule has 1 saturated heterocycles. The zero-order valence-electron chi connectivity index (χ0n) is 15.3. The minimum Gasteiger partial charge on any atom is -0.368 e. The summed E-state index contributed by atoms with van der Waals surface area (Å²) in [5.74, 6) is -0.344. The van der Waals surface area contributed by atoms with Gasteiger partial charge in [-0.1, -0.05) is 18.2 Å². The highest BCUT2D eigenvalue weighted by atomic mass is 19.1. The molecule has 2 aromatic rings. The van der Waals surface area contributed by atoms with Crippen LogP contribution in [-0.4, -0.2) is 53.8 Å². The number of benzene rings is 2. The van der Waals surface area contributed by atoms with E-state index in [2.05, 4.69) is 4.90 Å². The molecule has 1 atom stereocenters. The number of nitrogens with zero attached hydrogens (tertiary/aromatic N) is 3. The predicted octanol–water partition coefficient (Wildman–Crippen LogP) is 2.52. The summed E-state index contributed by atoms with van der Waals surface area (Å²) in [5.41, 5.74) is 2.63. The molecule has 0 N–H and O–H groups in total. The lowest BCUT2D eigenvalue weighted by atomic mass is 10.1. The number of carbonyl (C=O) groups excluding carboxylic acids is 2. The first-order valence-electron chi connectivity index (χ1n) is 9.23. The van der Waals surface area contributed by atoms with E-state index in [0.717, 1.165) is 11.3 Å². The Kier molecular flexibility index (Phi) is 4.56. The molecule has 0 bridgehead atoms. The van der Waals surface area contributed by atoms with Crippen molar-refractivity contribution < 1.29 is 14.0 Å². The maximum absolute atomic E-state index is 13.1. The molecule has 0 spiro atoms. The van der Waals surface area contributed by atoms with Crippen molar-refractivity contribution in [2.24, 2.45) is 0 Å². The molecule has 0 saturated carbocycles. The summed E-state index contributed by atoms with van der Waals surface area (Å²) < 4.78 is 13.1. The van der Waals surface area contributed by atoms with Gasteiger partial charge in [-0.2, -0.15) is 0 Å². The highest BCUT2D eigenvalue weighted by Gasteiger charge is 2.36. The number of rotatable bonds is 3. The number of halogens is 1. The highest BCUT2D eigenvalue weighted by Crippen LogP contribution is 2.25. The zero-order chi connectivity index (χ0) is 19.0. The molecule has 2 amide bonds. The second-order valence-electron chi connectivity index (χ2n) is 7.05. The number of carbonyl (C=O) groups is 2. The molecular weight excluding hydrogens is 345 g/mol. The Morgan fingerprint density at radius 2 is 1.67 bits per heavy atom. The van der Waals surface area contributed by atoms with Gasteiger partial charge in [0.05, 0.1) is 0 Å². The molecule has 5 nitrogen and oxygen atoms in total. The lowest BCUT2D eigenvalue weighted by Gasteiger charge is -2.38. The van der Waals surface area contributed by atoms with Crippen LogP contribution in [-0.2, 0) is 11.3 Å². The predicted molar refractivity (Wildman–Crippen MR) is 101 cm³/mol. The van der Waals surface area contributed by atoms with Crippen LogP contribution in [0.5, 0.6) is 0 Å². The van der Waals surface area contributed by atoms with Crippen LogP contribution < -0.4 is 4.90 Å².